The Balaban J connectivity index is 1.76. The van der Waals surface area contributed by atoms with Gasteiger partial charge in [0.15, 0.2) is 0 Å². The number of hydrogen-bond donors (Lipinski definition) is 2. The molecule has 7 nitrogen and oxygen atoms in total. The molecule has 0 saturated carbocycles. The van der Waals surface area contributed by atoms with Gasteiger partial charge in [0.2, 0.25) is 0 Å². The molecule has 7 heteroatoms. The van der Waals surface area contributed by atoms with Crippen molar-refractivity contribution >= 4 is 5.82 Å². The van der Waals surface area contributed by atoms with Crippen LogP contribution in [0.2, 0.25) is 0 Å². The maximum Gasteiger partial charge on any atom is 0.127 e. The molecule has 0 atom stereocenters. The first-order chi connectivity index (χ1) is 12.0. The number of nitrogens with one attached hydrogen (secondary N) is 1. The molecule has 2 aromatic heterocycles. The minimum Gasteiger partial charge on any atom is -0.394 e. The molecule has 0 bridgehead atoms. The van der Waals surface area contributed by atoms with Crippen LogP contribution in [0.4, 0.5) is 5.82 Å². The normalized spacial score (nSPS) is 11.1. The number of aromatic nitrogens is 5. The summed E-state index contributed by atoms with van der Waals surface area (Å²) in [6, 6.07) is 6.25. The van der Waals surface area contributed by atoms with Crippen molar-refractivity contribution < 1.29 is 5.11 Å². The van der Waals surface area contributed by atoms with Crippen molar-refractivity contribution in [2.45, 2.75) is 40.8 Å². The smallest absolute Gasteiger partial charge is 0.127 e. The lowest BCUT2D eigenvalue weighted by Gasteiger charge is -2.08. The quantitative estimate of drug-likeness (QED) is 0.720. The maximum atomic E-state index is 9.19. The molecule has 0 saturated heterocycles. The van der Waals surface area contributed by atoms with Gasteiger partial charge in [-0.1, -0.05) is 6.07 Å². The van der Waals surface area contributed by atoms with E-state index in [0.29, 0.717) is 13.1 Å². The molecule has 3 aromatic rings. The zero-order chi connectivity index (χ0) is 18.0. The zero-order valence-electron chi connectivity index (χ0n) is 15.1. The number of rotatable bonds is 6. The van der Waals surface area contributed by atoms with E-state index in [-0.39, 0.29) is 6.61 Å². The Morgan fingerprint density at radius 3 is 2.44 bits per heavy atom. The van der Waals surface area contributed by atoms with Crippen molar-refractivity contribution in [1.82, 2.24) is 24.8 Å². The van der Waals surface area contributed by atoms with Crippen molar-refractivity contribution in [3.05, 3.63) is 52.5 Å². The highest BCUT2D eigenvalue weighted by Gasteiger charge is 2.12. The number of anilines is 1. The van der Waals surface area contributed by atoms with Crippen LogP contribution < -0.4 is 5.32 Å². The van der Waals surface area contributed by atoms with Crippen LogP contribution in [-0.2, 0) is 13.1 Å². The SMILES string of the molecule is Cc1cc(C)cc(-n2ncc(CNc3c(C)c(C)nn3CCO)n2)c1. The minimum absolute atomic E-state index is 0.0537. The molecule has 132 valence electrons. The highest BCUT2D eigenvalue weighted by molar-refractivity contribution is 5.47. The summed E-state index contributed by atoms with van der Waals surface area (Å²) >= 11 is 0. The second kappa shape index (κ2) is 7.06. The van der Waals surface area contributed by atoms with Crippen LogP contribution in [0.1, 0.15) is 28.1 Å². The van der Waals surface area contributed by atoms with Crippen LogP contribution in [0.15, 0.2) is 24.4 Å². The summed E-state index contributed by atoms with van der Waals surface area (Å²) < 4.78 is 1.79. The molecule has 0 aliphatic rings. The van der Waals surface area contributed by atoms with E-state index in [1.54, 1.807) is 15.7 Å². The molecule has 0 unspecified atom stereocenters. The van der Waals surface area contributed by atoms with E-state index in [9.17, 15) is 5.11 Å². The Kier molecular flexibility index (Phi) is 4.85. The van der Waals surface area contributed by atoms with Gasteiger partial charge in [-0.2, -0.15) is 20.1 Å². The van der Waals surface area contributed by atoms with E-state index in [1.165, 1.54) is 11.1 Å². The summed E-state index contributed by atoms with van der Waals surface area (Å²) in [6.45, 7) is 9.17. The van der Waals surface area contributed by atoms with Crippen LogP contribution in [0.25, 0.3) is 5.69 Å². The number of aryl methyl sites for hydroxylation is 3. The lowest BCUT2D eigenvalue weighted by Crippen LogP contribution is -2.11. The van der Waals surface area contributed by atoms with Gasteiger partial charge in [0.25, 0.3) is 0 Å². The highest BCUT2D eigenvalue weighted by Crippen LogP contribution is 2.19. The van der Waals surface area contributed by atoms with Gasteiger partial charge in [0.1, 0.15) is 11.5 Å². The van der Waals surface area contributed by atoms with Crippen molar-refractivity contribution in [3.8, 4) is 5.69 Å². The monoisotopic (exact) mass is 340 g/mol. The van der Waals surface area contributed by atoms with E-state index in [0.717, 1.165) is 28.5 Å². The molecular formula is C18H24N6O. The van der Waals surface area contributed by atoms with Gasteiger partial charge in [-0.05, 0) is 51.0 Å². The van der Waals surface area contributed by atoms with E-state index < -0.39 is 0 Å². The first-order valence-corrected chi connectivity index (χ1v) is 8.36. The first kappa shape index (κ1) is 17.2. The van der Waals surface area contributed by atoms with Crippen LogP contribution in [-0.4, -0.2) is 36.5 Å². The summed E-state index contributed by atoms with van der Waals surface area (Å²) in [7, 11) is 0. The molecule has 0 aliphatic heterocycles. The van der Waals surface area contributed by atoms with Crippen LogP contribution >= 0.6 is 0 Å². The summed E-state index contributed by atoms with van der Waals surface area (Å²) in [5.41, 5.74) is 6.20. The number of nitrogens with zero attached hydrogens (tertiary/aromatic N) is 5. The molecule has 2 heterocycles. The number of hydrogen-bond acceptors (Lipinski definition) is 5. The summed E-state index contributed by atoms with van der Waals surface area (Å²) in [5, 5.41) is 25.9. The number of aliphatic hydroxyl groups excluding tert-OH is 1. The first-order valence-electron chi connectivity index (χ1n) is 8.36. The molecule has 0 amide bonds. The molecule has 2 N–H and O–H groups in total. The van der Waals surface area contributed by atoms with Gasteiger partial charge in [-0.15, -0.1) is 0 Å². The standard InChI is InChI=1S/C18H24N6O/c1-12-7-13(2)9-17(8-12)24-20-11-16(22-24)10-19-18-14(3)15(4)21-23(18)5-6-25/h7-9,11,19,25H,5-6,10H2,1-4H3. The molecule has 0 radical (unpaired) electrons. The predicted molar refractivity (Wildman–Crippen MR) is 96.9 cm³/mol. The Labute approximate surface area is 147 Å². The summed E-state index contributed by atoms with van der Waals surface area (Å²) in [5.74, 6) is 0.910. The van der Waals surface area contributed by atoms with Gasteiger partial charge in [-0.3, -0.25) is 0 Å². The largest absolute Gasteiger partial charge is 0.394 e. The molecule has 0 spiro atoms. The number of benzene rings is 1. The fraction of sp³-hybridized carbons (Fsp3) is 0.389. The Morgan fingerprint density at radius 2 is 1.76 bits per heavy atom. The minimum atomic E-state index is 0.0537. The van der Waals surface area contributed by atoms with Crippen LogP contribution in [0.3, 0.4) is 0 Å². The number of aliphatic hydroxyl groups is 1. The molecule has 25 heavy (non-hydrogen) atoms. The Bertz CT molecular complexity index is 860. The topological polar surface area (TPSA) is 80.8 Å². The average molecular weight is 340 g/mol. The highest BCUT2D eigenvalue weighted by atomic mass is 16.3. The van der Waals surface area contributed by atoms with E-state index in [4.69, 9.17) is 0 Å². The van der Waals surface area contributed by atoms with E-state index in [2.05, 4.69) is 52.7 Å². The van der Waals surface area contributed by atoms with Gasteiger partial charge >= 0.3 is 0 Å². The lowest BCUT2D eigenvalue weighted by atomic mass is 10.1. The van der Waals surface area contributed by atoms with Crippen molar-refractivity contribution in [2.24, 2.45) is 0 Å². The molecule has 1 aromatic carbocycles. The second-order valence-electron chi connectivity index (χ2n) is 6.33. The van der Waals surface area contributed by atoms with Gasteiger partial charge in [-0.25, -0.2) is 4.68 Å². The second-order valence-corrected chi connectivity index (χ2v) is 6.33. The Morgan fingerprint density at radius 1 is 1.04 bits per heavy atom. The van der Waals surface area contributed by atoms with Crippen molar-refractivity contribution in [3.63, 3.8) is 0 Å². The lowest BCUT2D eigenvalue weighted by molar-refractivity contribution is 0.270. The van der Waals surface area contributed by atoms with Gasteiger partial charge in [0.05, 0.1) is 37.3 Å². The fourth-order valence-electron chi connectivity index (χ4n) is 2.89. The molecule has 0 fully saturated rings. The summed E-state index contributed by atoms with van der Waals surface area (Å²) in [6.07, 6.45) is 1.76. The zero-order valence-corrected chi connectivity index (χ0v) is 15.1. The molecular weight excluding hydrogens is 316 g/mol. The van der Waals surface area contributed by atoms with Crippen molar-refractivity contribution in [1.29, 1.82) is 0 Å². The van der Waals surface area contributed by atoms with Crippen LogP contribution in [0, 0.1) is 27.7 Å². The average Bonchev–Trinajstić information content (AvgIpc) is 3.12. The van der Waals surface area contributed by atoms with Crippen LogP contribution in [0.5, 0.6) is 0 Å². The molecule has 0 aliphatic carbocycles. The third kappa shape index (κ3) is 3.71. The third-order valence-electron chi connectivity index (χ3n) is 4.15. The molecule has 3 rings (SSSR count). The Hall–Kier alpha value is -2.67. The van der Waals surface area contributed by atoms with E-state index >= 15 is 0 Å². The summed E-state index contributed by atoms with van der Waals surface area (Å²) in [4.78, 5) is 1.65. The van der Waals surface area contributed by atoms with Crippen molar-refractivity contribution in [2.75, 3.05) is 11.9 Å². The van der Waals surface area contributed by atoms with Gasteiger partial charge < -0.3 is 10.4 Å². The predicted octanol–water partition coefficient (Wildman–Crippen LogP) is 2.30. The fourth-order valence-corrected chi connectivity index (χ4v) is 2.89. The van der Waals surface area contributed by atoms with E-state index in [1.807, 2.05) is 13.8 Å². The van der Waals surface area contributed by atoms with Gasteiger partial charge in [0, 0.05) is 5.56 Å². The third-order valence-corrected chi connectivity index (χ3v) is 4.15. The maximum absolute atomic E-state index is 9.19.